The third-order valence-corrected chi connectivity index (χ3v) is 5.09. The number of rotatable bonds is 5. The van der Waals surface area contributed by atoms with E-state index in [1.54, 1.807) is 6.20 Å². The van der Waals surface area contributed by atoms with E-state index in [9.17, 15) is 9.18 Å². The molecule has 3 nitrogen and oxygen atoms in total. The number of halogens is 3. The smallest absolute Gasteiger partial charge is 0.253 e. The van der Waals surface area contributed by atoms with Gasteiger partial charge in [-0.2, -0.15) is 0 Å². The number of nitrogens with zero attached hydrogens (tertiary/aromatic N) is 2. The molecule has 2 aromatic rings. The number of carbonyl (C=O) groups excluding carboxylic acids is 1. The van der Waals surface area contributed by atoms with E-state index in [4.69, 9.17) is 14.3 Å². The van der Waals surface area contributed by atoms with Crippen molar-refractivity contribution < 1.29 is 16.3 Å². The summed E-state index contributed by atoms with van der Waals surface area (Å²) in [6.45, 7) is 1.67. The molecule has 0 radical (unpaired) electrons. The molecule has 1 aliphatic heterocycles. The average molecular weight is 395 g/mol. The van der Waals surface area contributed by atoms with E-state index in [-0.39, 0.29) is 36.5 Å². The molecule has 144 valence electrons. The van der Waals surface area contributed by atoms with E-state index in [2.05, 4.69) is 4.98 Å². The van der Waals surface area contributed by atoms with Crippen molar-refractivity contribution >= 4 is 17.5 Å². The lowest BCUT2D eigenvalue weighted by atomic mass is 9.87. The van der Waals surface area contributed by atoms with Gasteiger partial charge >= 0.3 is 0 Å². The predicted molar refractivity (Wildman–Crippen MR) is 102 cm³/mol. The zero-order valence-corrected chi connectivity index (χ0v) is 15.9. The van der Waals surface area contributed by atoms with Crippen LogP contribution in [0.25, 0.3) is 0 Å². The van der Waals surface area contributed by atoms with Crippen molar-refractivity contribution in [1.29, 1.82) is 0 Å². The van der Waals surface area contributed by atoms with Crippen LogP contribution in [-0.4, -0.2) is 34.5 Å². The molecule has 1 fully saturated rings. The average Bonchev–Trinajstić information content (AvgIpc) is 2.67. The summed E-state index contributed by atoms with van der Waals surface area (Å²) in [5.74, 6) is -1.12. The molecule has 1 atom stereocenters. The van der Waals surface area contributed by atoms with Gasteiger partial charge in [-0.1, -0.05) is 17.7 Å². The highest BCUT2D eigenvalue weighted by Gasteiger charge is 2.35. The maximum Gasteiger partial charge on any atom is 0.253 e. The van der Waals surface area contributed by atoms with E-state index in [0.29, 0.717) is 12.8 Å². The van der Waals surface area contributed by atoms with Gasteiger partial charge in [0, 0.05) is 33.3 Å². The van der Waals surface area contributed by atoms with Gasteiger partial charge in [0.15, 0.2) is 0 Å². The first kappa shape index (κ1) is 17.1. The molecule has 0 saturated carbocycles. The molecule has 2 heterocycles. The van der Waals surface area contributed by atoms with E-state index in [0.717, 1.165) is 17.3 Å². The van der Waals surface area contributed by atoms with Gasteiger partial charge in [-0.05, 0) is 68.8 Å². The number of hydrogen-bond donors (Lipinski definition) is 0. The van der Waals surface area contributed by atoms with E-state index < -0.39 is 23.8 Å². The monoisotopic (exact) mass is 394 g/mol. The second-order valence-electron chi connectivity index (χ2n) is 6.93. The molecule has 1 aromatic heterocycles. The highest BCUT2D eigenvalue weighted by atomic mass is 35.5. The number of aromatic nitrogens is 1. The van der Waals surface area contributed by atoms with Gasteiger partial charge in [-0.15, -0.1) is 0 Å². The van der Waals surface area contributed by atoms with Gasteiger partial charge in [0.25, 0.3) is 5.91 Å². The summed E-state index contributed by atoms with van der Waals surface area (Å²) in [5, 5.41) is -0.180. The van der Waals surface area contributed by atoms with Crippen molar-refractivity contribution in [2.45, 2.75) is 44.6 Å². The fourth-order valence-electron chi connectivity index (χ4n) is 3.11. The van der Waals surface area contributed by atoms with Gasteiger partial charge < -0.3 is 4.90 Å². The maximum absolute atomic E-state index is 15.5. The first-order valence-electron chi connectivity index (χ1n) is 9.96. The molecule has 6 heteroatoms. The minimum atomic E-state index is -2.19. The third-order valence-electron chi connectivity index (χ3n) is 4.80. The summed E-state index contributed by atoms with van der Waals surface area (Å²) < 4.78 is 45.3. The lowest BCUT2D eigenvalue weighted by molar-refractivity contribution is 0.0389. The van der Waals surface area contributed by atoms with Crippen LogP contribution in [0.2, 0.25) is 5.02 Å². The fraction of sp³-hybridized carbons (Fsp3) is 0.429. The van der Waals surface area contributed by atoms with Gasteiger partial charge in [-0.3, -0.25) is 9.78 Å². The van der Waals surface area contributed by atoms with Gasteiger partial charge in [0.2, 0.25) is 0 Å². The van der Waals surface area contributed by atoms with E-state index in [1.165, 1.54) is 17.0 Å². The van der Waals surface area contributed by atoms with Crippen LogP contribution in [-0.2, 0) is 6.42 Å². The molecule has 1 unspecified atom stereocenters. The van der Waals surface area contributed by atoms with Crippen LogP contribution < -0.4 is 0 Å². The molecule has 1 amide bonds. The molecule has 1 aromatic carbocycles. The van der Waals surface area contributed by atoms with E-state index >= 15 is 4.39 Å². The highest BCUT2D eigenvalue weighted by Crippen LogP contribution is 2.32. The molecule has 0 bridgehead atoms. The Labute approximate surface area is 166 Å². The lowest BCUT2D eigenvalue weighted by Gasteiger charge is -2.36. The molecule has 0 aliphatic carbocycles. The van der Waals surface area contributed by atoms with Crippen molar-refractivity contribution in [2.24, 2.45) is 0 Å². The number of amides is 1. The number of piperidine rings is 1. The summed E-state index contributed by atoms with van der Waals surface area (Å²) >= 11 is 5.73. The molecule has 0 N–H and O–H groups in total. The number of aryl methyl sites for hydroxylation is 2. The minimum absolute atomic E-state index is 0.0555. The number of carbonyl (C=O) groups is 1. The van der Waals surface area contributed by atoms with Crippen LogP contribution in [0.5, 0.6) is 0 Å². The second-order valence-corrected chi connectivity index (χ2v) is 7.34. The lowest BCUT2D eigenvalue weighted by Crippen LogP contribution is -2.44. The normalized spacial score (nSPS) is 22.9. The van der Waals surface area contributed by atoms with Crippen LogP contribution in [0.1, 0.15) is 50.0 Å². The molecule has 27 heavy (non-hydrogen) atoms. The Kier molecular flexibility index (Phi) is 5.29. The summed E-state index contributed by atoms with van der Waals surface area (Å²) in [6.07, 6.45) is 0.561. The van der Waals surface area contributed by atoms with Crippen molar-refractivity contribution in [3.05, 3.63) is 64.2 Å². The first-order chi connectivity index (χ1) is 13.6. The molecule has 1 saturated heterocycles. The minimum Gasteiger partial charge on any atom is -0.338 e. The zero-order chi connectivity index (χ0) is 21.2. The van der Waals surface area contributed by atoms with Gasteiger partial charge in [0.1, 0.15) is 11.5 Å². The largest absolute Gasteiger partial charge is 0.338 e. The molecular formula is C21H23ClF2N2O. The van der Waals surface area contributed by atoms with Crippen molar-refractivity contribution in [3.8, 4) is 0 Å². The Bertz CT molecular complexity index is 895. The topological polar surface area (TPSA) is 33.2 Å². The standard InChI is InChI=1S/C21H23ClF2N2O/c1-15-4-6-17(25-14-15)3-2-8-21(24)9-11-26(12-10-21)20(27)16-5-7-19(23)18(22)13-16/h4-7,13-14H,2-3,8-12H2,1H3/i9D2. The highest BCUT2D eigenvalue weighted by molar-refractivity contribution is 6.31. The maximum atomic E-state index is 15.5. The van der Waals surface area contributed by atoms with E-state index in [1.807, 2.05) is 19.1 Å². The van der Waals surface area contributed by atoms with Crippen molar-refractivity contribution in [2.75, 3.05) is 13.1 Å². The Morgan fingerprint density at radius 2 is 2.19 bits per heavy atom. The van der Waals surface area contributed by atoms with Crippen LogP contribution in [0.15, 0.2) is 36.5 Å². The summed E-state index contributed by atoms with van der Waals surface area (Å²) in [7, 11) is 0. The number of benzene rings is 1. The fourth-order valence-corrected chi connectivity index (χ4v) is 3.29. The zero-order valence-electron chi connectivity index (χ0n) is 17.1. The number of alkyl halides is 1. The Morgan fingerprint density at radius 3 is 2.85 bits per heavy atom. The Hall–Kier alpha value is -2.01. The second kappa shape index (κ2) is 8.34. The van der Waals surface area contributed by atoms with Crippen molar-refractivity contribution in [1.82, 2.24) is 9.88 Å². The van der Waals surface area contributed by atoms with Gasteiger partial charge in [-0.25, -0.2) is 8.78 Å². The van der Waals surface area contributed by atoms with Crippen LogP contribution in [0.3, 0.4) is 0 Å². The summed E-state index contributed by atoms with van der Waals surface area (Å²) in [6, 6.07) is 7.43. The molecule has 0 spiro atoms. The predicted octanol–water partition coefficient (Wildman–Crippen LogP) is 5.15. The van der Waals surface area contributed by atoms with Gasteiger partial charge in [0.05, 0.1) is 5.02 Å². The Morgan fingerprint density at radius 1 is 1.37 bits per heavy atom. The Balaban J connectivity index is 1.63. The summed E-state index contributed by atoms with van der Waals surface area (Å²) in [4.78, 5) is 18.2. The SMILES string of the molecule is [2H]C1([2H])CN(C(=O)c2ccc(F)c(Cl)c2)CCC1(F)CCCc1ccc(C)cn1. The number of hydrogen-bond acceptors (Lipinski definition) is 2. The van der Waals surface area contributed by atoms with Crippen LogP contribution in [0, 0.1) is 12.7 Å². The molecule has 1 aliphatic rings. The van der Waals surface area contributed by atoms with Crippen LogP contribution in [0.4, 0.5) is 8.78 Å². The quantitative estimate of drug-likeness (QED) is 0.702. The third kappa shape index (κ3) is 5.04. The van der Waals surface area contributed by atoms with Crippen molar-refractivity contribution in [3.63, 3.8) is 0 Å². The first-order valence-corrected chi connectivity index (χ1v) is 9.34. The summed E-state index contributed by atoms with van der Waals surface area (Å²) in [5.41, 5.74) is 0.0330. The number of likely N-dealkylation sites (tertiary alicyclic amines) is 1. The van der Waals surface area contributed by atoms with Crippen LogP contribution >= 0.6 is 11.6 Å². The molecular weight excluding hydrogens is 370 g/mol. The molecule has 3 rings (SSSR count). The number of pyridine rings is 1.